The summed E-state index contributed by atoms with van der Waals surface area (Å²) >= 11 is 0. The van der Waals surface area contributed by atoms with E-state index in [1.54, 1.807) is 7.11 Å². The molecule has 1 saturated carbocycles. The molecule has 4 fully saturated rings. The number of carbonyl (C=O) groups excluding carboxylic acids is 2. The number of rotatable bonds is 8. The van der Waals surface area contributed by atoms with Crippen LogP contribution in [0.15, 0.2) is 48.7 Å². The van der Waals surface area contributed by atoms with Crippen molar-refractivity contribution in [2.45, 2.75) is 44.9 Å². The van der Waals surface area contributed by atoms with Crippen LogP contribution in [0.2, 0.25) is 0 Å². The van der Waals surface area contributed by atoms with Gasteiger partial charge < -0.3 is 30.6 Å². The van der Waals surface area contributed by atoms with Crippen molar-refractivity contribution in [3.05, 3.63) is 59.8 Å². The van der Waals surface area contributed by atoms with Gasteiger partial charge in [0.05, 0.1) is 12.5 Å². The highest BCUT2D eigenvalue weighted by Gasteiger charge is 2.49. The molecule has 6 rings (SSSR count). The Balaban J connectivity index is 1.03. The highest BCUT2D eigenvalue weighted by Crippen LogP contribution is 2.44. The van der Waals surface area contributed by atoms with Gasteiger partial charge in [0.15, 0.2) is 0 Å². The Morgan fingerprint density at radius 3 is 2.25 bits per heavy atom. The number of methoxy groups -OCH3 is 1. The topological polar surface area (TPSA) is 106 Å². The van der Waals surface area contributed by atoms with Gasteiger partial charge in [-0.3, -0.25) is 14.5 Å². The number of nitrogens with one attached hydrogen (secondary N) is 1. The van der Waals surface area contributed by atoms with Crippen LogP contribution < -0.4 is 20.3 Å². The fourth-order valence-electron chi connectivity index (χ4n) is 7.71. The Morgan fingerprint density at radius 2 is 1.61 bits per heavy atom. The maximum absolute atomic E-state index is 13.8. The Kier molecular flexibility index (Phi) is 8.93. The molecule has 0 aromatic heterocycles. The molecule has 3 N–H and O–H groups in total. The number of nitrogens with two attached hydrogens (primary N) is 1. The molecule has 2 aromatic rings. The van der Waals surface area contributed by atoms with E-state index in [2.05, 4.69) is 21.9 Å². The quantitative estimate of drug-likeness (QED) is 0.430. The largest absolute Gasteiger partial charge is 0.496 e. The predicted molar refractivity (Wildman–Crippen MR) is 176 cm³/mol. The van der Waals surface area contributed by atoms with E-state index in [9.17, 15) is 9.59 Å². The van der Waals surface area contributed by atoms with Crippen molar-refractivity contribution in [1.82, 2.24) is 9.80 Å². The summed E-state index contributed by atoms with van der Waals surface area (Å²) in [4.78, 5) is 36.0. The third-order valence-corrected chi connectivity index (χ3v) is 10.5. The molecular weight excluding hydrogens is 552 g/mol. The number of piperidine rings is 1. The van der Waals surface area contributed by atoms with Crippen molar-refractivity contribution < 1.29 is 14.3 Å². The fraction of sp³-hybridized carbons (Fsp3) is 0.514. The zero-order valence-electron chi connectivity index (χ0n) is 26.0. The average molecular weight is 599 g/mol. The minimum atomic E-state index is -0.441. The van der Waals surface area contributed by atoms with E-state index in [1.165, 1.54) is 50.3 Å². The first-order valence-electron chi connectivity index (χ1n) is 16.2. The maximum atomic E-state index is 13.8. The van der Waals surface area contributed by atoms with Crippen LogP contribution in [0.25, 0.3) is 5.57 Å². The second-order valence-corrected chi connectivity index (χ2v) is 12.9. The first kappa shape index (κ1) is 30.2. The normalized spacial score (nSPS) is 21.3. The number of allylic oxidation sites excluding steroid dienone is 1. The monoisotopic (exact) mass is 598 g/mol. The van der Waals surface area contributed by atoms with Gasteiger partial charge in [-0.15, -0.1) is 0 Å². The van der Waals surface area contributed by atoms with E-state index in [-0.39, 0.29) is 11.8 Å². The molecule has 3 saturated heterocycles. The standard InChI is InChI=1S/C35H46N6O3/c1-44-32-22-30(10-11-31(32)28(23-36)24-37)41-17-14-35(34(41)43)12-15-40(16-13-35)33(42)27-6-8-29(9-7-27)39-20-18-38(19-21-39)25-26-4-2-3-5-26/h6-11,22-24,26,36H,2-5,12-21,25,37H2,1H3/b28-24+,36-23?. The number of nitrogens with zero attached hydrogens (tertiary/aromatic N) is 4. The van der Waals surface area contributed by atoms with Crippen LogP contribution in [0.3, 0.4) is 0 Å². The Labute approximate surface area is 261 Å². The highest BCUT2D eigenvalue weighted by atomic mass is 16.5. The third kappa shape index (κ3) is 5.94. The summed E-state index contributed by atoms with van der Waals surface area (Å²) in [5.41, 5.74) is 9.19. The van der Waals surface area contributed by atoms with E-state index in [0.29, 0.717) is 54.9 Å². The zero-order valence-corrected chi connectivity index (χ0v) is 26.0. The molecular formula is C35H46N6O3. The maximum Gasteiger partial charge on any atom is 0.253 e. The van der Waals surface area contributed by atoms with Gasteiger partial charge >= 0.3 is 0 Å². The lowest BCUT2D eigenvalue weighted by Crippen LogP contribution is -2.47. The van der Waals surface area contributed by atoms with Crippen molar-refractivity contribution in [2.75, 3.05) is 69.3 Å². The molecule has 234 valence electrons. The molecule has 2 amide bonds. The molecule has 0 bridgehead atoms. The molecule has 1 aliphatic carbocycles. The summed E-state index contributed by atoms with van der Waals surface area (Å²) in [7, 11) is 1.58. The molecule has 0 radical (unpaired) electrons. The minimum Gasteiger partial charge on any atom is -0.496 e. The van der Waals surface area contributed by atoms with Gasteiger partial charge in [-0.2, -0.15) is 0 Å². The van der Waals surface area contributed by atoms with E-state index >= 15 is 0 Å². The van der Waals surface area contributed by atoms with E-state index in [4.69, 9.17) is 15.9 Å². The Hall–Kier alpha value is -3.85. The summed E-state index contributed by atoms with van der Waals surface area (Å²) in [5, 5.41) is 7.61. The molecule has 1 spiro atoms. The molecule has 4 aliphatic rings. The van der Waals surface area contributed by atoms with Crippen LogP contribution in [0, 0.1) is 16.7 Å². The van der Waals surface area contributed by atoms with Gasteiger partial charge in [0.25, 0.3) is 5.91 Å². The number of benzene rings is 2. The smallest absolute Gasteiger partial charge is 0.253 e. The third-order valence-electron chi connectivity index (χ3n) is 10.5. The average Bonchev–Trinajstić information content (AvgIpc) is 3.70. The molecule has 9 nitrogen and oxygen atoms in total. The van der Waals surface area contributed by atoms with Crippen LogP contribution >= 0.6 is 0 Å². The summed E-state index contributed by atoms with van der Waals surface area (Å²) in [6, 6.07) is 13.7. The SMILES string of the molecule is COc1cc(N2CCC3(CCN(C(=O)c4ccc(N5CCN(CC6CCCC6)CC5)cc4)CC3)C2=O)ccc1/C(C=N)=C/N. The molecule has 44 heavy (non-hydrogen) atoms. The van der Waals surface area contributed by atoms with Gasteiger partial charge in [-0.1, -0.05) is 12.8 Å². The lowest BCUT2D eigenvalue weighted by Gasteiger charge is -2.38. The highest BCUT2D eigenvalue weighted by molar-refractivity contribution is 6.09. The van der Waals surface area contributed by atoms with Crippen LogP contribution in [-0.2, 0) is 4.79 Å². The number of likely N-dealkylation sites (tertiary alicyclic amines) is 1. The molecule has 9 heteroatoms. The number of carbonyl (C=O) groups is 2. The first-order chi connectivity index (χ1) is 21.4. The summed E-state index contributed by atoms with van der Waals surface area (Å²) < 4.78 is 5.57. The van der Waals surface area contributed by atoms with Crippen molar-refractivity contribution in [3.63, 3.8) is 0 Å². The number of amides is 2. The van der Waals surface area contributed by atoms with E-state index in [1.807, 2.05) is 40.1 Å². The molecule has 3 aliphatic heterocycles. The molecule has 2 aromatic carbocycles. The predicted octanol–water partition coefficient (Wildman–Crippen LogP) is 4.62. The first-order valence-corrected chi connectivity index (χ1v) is 16.2. The van der Waals surface area contributed by atoms with Crippen molar-refractivity contribution >= 4 is 35.0 Å². The van der Waals surface area contributed by atoms with Crippen LogP contribution in [0.1, 0.15) is 60.9 Å². The summed E-state index contributed by atoms with van der Waals surface area (Å²) in [6.07, 6.45) is 10.3. The molecule has 3 heterocycles. The summed E-state index contributed by atoms with van der Waals surface area (Å²) in [5.74, 6) is 1.63. The Bertz CT molecular complexity index is 1380. The molecule has 0 unspecified atom stereocenters. The number of hydrogen-bond donors (Lipinski definition) is 2. The van der Waals surface area contributed by atoms with Crippen molar-refractivity contribution in [1.29, 1.82) is 5.41 Å². The van der Waals surface area contributed by atoms with Crippen LogP contribution in [0.5, 0.6) is 5.75 Å². The second kappa shape index (κ2) is 13.0. The van der Waals surface area contributed by atoms with Crippen molar-refractivity contribution in [3.8, 4) is 5.75 Å². The second-order valence-electron chi connectivity index (χ2n) is 12.9. The minimum absolute atomic E-state index is 0.0466. The lowest BCUT2D eigenvalue weighted by atomic mass is 9.77. The number of anilines is 2. The molecule has 0 atom stereocenters. The fourth-order valence-corrected chi connectivity index (χ4v) is 7.71. The van der Waals surface area contributed by atoms with Gasteiger partial charge in [-0.05, 0) is 74.4 Å². The van der Waals surface area contributed by atoms with Gasteiger partial charge in [0, 0.05) is 98.9 Å². The number of piperazine rings is 1. The zero-order chi connectivity index (χ0) is 30.7. The number of ether oxygens (including phenoxy) is 1. The van der Waals surface area contributed by atoms with Gasteiger partial charge in [0.1, 0.15) is 5.75 Å². The van der Waals surface area contributed by atoms with E-state index < -0.39 is 5.41 Å². The van der Waals surface area contributed by atoms with Gasteiger partial charge in [0.2, 0.25) is 5.91 Å². The lowest BCUT2D eigenvalue weighted by molar-refractivity contribution is -0.127. The van der Waals surface area contributed by atoms with E-state index in [0.717, 1.165) is 44.2 Å². The number of hydrogen-bond acceptors (Lipinski definition) is 7. The van der Waals surface area contributed by atoms with Crippen molar-refractivity contribution in [2.24, 2.45) is 17.1 Å². The van der Waals surface area contributed by atoms with Crippen LogP contribution in [-0.4, -0.2) is 87.3 Å². The Morgan fingerprint density at radius 1 is 0.955 bits per heavy atom. The summed E-state index contributed by atoms with van der Waals surface area (Å²) in [6.45, 7) is 7.33. The van der Waals surface area contributed by atoms with Crippen LogP contribution in [0.4, 0.5) is 11.4 Å². The van der Waals surface area contributed by atoms with Gasteiger partial charge in [-0.25, -0.2) is 0 Å².